The molecule has 4 heteroatoms. The van der Waals surface area contributed by atoms with Gasteiger partial charge in [0.05, 0.1) is 5.38 Å². The Morgan fingerprint density at radius 2 is 1.55 bits per heavy atom. The van der Waals surface area contributed by atoms with E-state index in [2.05, 4.69) is 21.9 Å². The van der Waals surface area contributed by atoms with Crippen molar-refractivity contribution < 1.29 is 4.39 Å². The first kappa shape index (κ1) is 15.3. The van der Waals surface area contributed by atoms with E-state index in [1.807, 2.05) is 30.3 Å². The van der Waals surface area contributed by atoms with Gasteiger partial charge in [0.15, 0.2) is 0 Å². The lowest BCUT2D eigenvalue weighted by molar-refractivity contribution is 0.258. The van der Waals surface area contributed by atoms with E-state index in [4.69, 9.17) is 11.6 Å². The maximum absolute atomic E-state index is 13.0. The molecule has 1 saturated heterocycles. The van der Waals surface area contributed by atoms with Crippen molar-refractivity contribution >= 4 is 17.3 Å². The highest BCUT2D eigenvalue weighted by molar-refractivity contribution is 6.21. The zero-order chi connectivity index (χ0) is 15.4. The second kappa shape index (κ2) is 7.12. The number of hydrogen-bond donors (Lipinski definition) is 0. The number of halogens is 2. The van der Waals surface area contributed by atoms with Gasteiger partial charge in [-0.15, -0.1) is 11.6 Å². The number of nitrogens with zero attached hydrogens (tertiary/aromatic N) is 2. The molecule has 2 aromatic carbocycles. The molecule has 0 aliphatic carbocycles. The van der Waals surface area contributed by atoms with Crippen molar-refractivity contribution in [1.82, 2.24) is 4.90 Å². The van der Waals surface area contributed by atoms with Crippen LogP contribution in [0.5, 0.6) is 0 Å². The molecule has 1 aliphatic rings. The van der Waals surface area contributed by atoms with Crippen molar-refractivity contribution in [3.05, 3.63) is 66.0 Å². The molecule has 2 aromatic rings. The fourth-order valence-corrected chi connectivity index (χ4v) is 3.18. The quantitative estimate of drug-likeness (QED) is 0.788. The molecule has 3 rings (SSSR count). The first-order chi connectivity index (χ1) is 10.7. The molecular weight excluding hydrogens is 299 g/mol. The number of alkyl halides is 1. The Morgan fingerprint density at radius 3 is 2.18 bits per heavy atom. The largest absolute Gasteiger partial charge is 0.369 e. The molecule has 1 unspecified atom stereocenters. The van der Waals surface area contributed by atoms with Crippen LogP contribution in [0, 0.1) is 5.82 Å². The van der Waals surface area contributed by atoms with Crippen molar-refractivity contribution in [2.24, 2.45) is 0 Å². The van der Waals surface area contributed by atoms with E-state index in [0.717, 1.165) is 38.4 Å². The van der Waals surface area contributed by atoms with Gasteiger partial charge in [0.2, 0.25) is 0 Å². The number of piperazine rings is 1. The highest BCUT2D eigenvalue weighted by Gasteiger charge is 2.20. The maximum Gasteiger partial charge on any atom is 0.123 e. The van der Waals surface area contributed by atoms with Crippen molar-refractivity contribution in [1.29, 1.82) is 0 Å². The van der Waals surface area contributed by atoms with Gasteiger partial charge in [-0.3, -0.25) is 4.90 Å². The van der Waals surface area contributed by atoms with E-state index < -0.39 is 0 Å². The van der Waals surface area contributed by atoms with Crippen LogP contribution in [-0.4, -0.2) is 37.6 Å². The topological polar surface area (TPSA) is 6.48 Å². The third kappa shape index (κ3) is 3.79. The fraction of sp³-hybridized carbons (Fsp3) is 0.333. The minimum Gasteiger partial charge on any atom is -0.369 e. The van der Waals surface area contributed by atoms with E-state index in [1.54, 1.807) is 0 Å². The van der Waals surface area contributed by atoms with Gasteiger partial charge in [0.1, 0.15) is 5.82 Å². The Labute approximate surface area is 136 Å². The van der Waals surface area contributed by atoms with Gasteiger partial charge in [-0.2, -0.15) is 0 Å². The van der Waals surface area contributed by atoms with Gasteiger partial charge in [-0.25, -0.2) is 4.39 Å². The summed E-state index contributed by atoms with van der Waals surface area (Å²) in [5.41, 5.74) is 2.26. The van der Waals surface area contributed by atoms with E-state index in [0.29, 0.717) is 0 Å². The normalized spacial score (nSPS) is 17.5. The molecular formula is C18H20ClFN2. The van der Waals surface area contributed by atoms with Crippen LogP contribution >= 0.6 is 11.6 Å². The highest BCUT2D eigenvalue weighted by atomic mass is 35.5. The summed E-state index contributed by atoms with van der Waals surface area (Å²) in [4.78, 5) is 4.69. The van der Waals surface area contributed by atoms with Crippen LogP contribution < -0.4 is 4.90 Å². The lowest BCUT2D eigenvalue weighted by Gasteiger charge is -2.36. The van der Waals surface area contributed by atoms with Gasteiger partial charge in [0.25, 0.3) is 0 Å². The number of rotatable bonds is 4. The number of anilines is 1. The SMILES string of the molecule is Fc1ccc(N2CCN(CC(Cl)c3ccccc3)CC2)cc1. The average Bonchev–Trinajstić information content (AvgIpc) is 2.57. The Kier molecular flexibility index (Phi) is 4.96. The van der Waals surface area contributed by atoms with Crippen molar-refractivity contribution in [3.63, 3.8) is 0 Å². The summed E-state index contributed by atoms with van der Waals surface area (Å²) in [5, 5.41) is 0.0265. The van der Waals surface area contributed by atoms with E-state index >= 15 is 0 Å². The van der Waals surface area contributed by atoms with Crippen LogP contribution in [0.4, 0.5) is 10.1 Å². The molecule has 0 aromatic heterocycles. The zero-order valence-electron chi connectivity index (χ0n) is 12.5. The summed E-state index contributed by atoms with van der Waals surface area (Å²) < 4.78 is 13.0. The Bertz CT molecular complexity index is 580. The molecule has 1 atom stereocenters. The lowest BCUT2D eigenvalue weighted by Crippen LogP contribution is -2.47. The Balaban J connectivity index is 1.52. The monoisotopic (exact) mass is 318 g/mol. The highest BCUT2D eigenvalue weighted by Crippen LogP contribution is 2.23. The third-order valence-electron chi connectivity index (χ3n) is 4.14. The molecule has 0 bridgehead atoms. The number of benzene rings is 2. The Hall–Kier alpha value is -1.58. The molecule has 2 nitrogen and oxygen atoms in total. The molecule has 1 aliphatic heterocycles. The molecule has 0 saturated carbocycles. The zero-order valence-corrected chi connectivity index (χ0v) is 13.2. The summed E-state index contributed by atoms with van der Waals surface area (Å²) in [5.74, 6) is -0.185. The van der Waals surface area contributed by atoms with Crippen LogP contribution in [-0.2, 0) is 0 Å². The van der Waals surface area contributed by atoms with Gasteiger partial charge in [0, 0.05) is 38.4 Å². The first-order valence-electron chi connectivity index (χ1n) is 7.64. The second-order valence-corrected chi connectivity index (χ2v) is 6.17. The second-order valence-electron chi connectivity index (χ2n) is 5.64. The summed E-state index contributed by atoms with van der Waals surface area (Å²) >= 11 is 6.51. The molecule has 116 valence electrons. The summed E-state index contributed by atoms with van der Waals surface area (Å²) in [6, 6.07) is 16.9. The van der Waals surface area contributed by atoms with Gasteiger partial charge >= 0.3 is 0 Å². The van der Waals surface area contributed by atoms with Crippen LogP contribution in [0.25, 0.3) is 0 Å². The number of hydrogen-bond acceptors (Lipinski definition) is 2. The van der Waals surface area contributed by atoms with Crippen molar-refractivity contribution in [2.45, 2.75) is 5.38 Å². The standard InChI is InChI=1S/C18H20ClFN2/c19-18(15-4-2-1-3-5-15)14-21-10-12-22(13-11-21)17-8-6-16(20)7-9-17/h1-9,18H,10-14H2. The fourth-order valence-electron chi connectivity index (χ4n) is 2.83. The van der Waals surface area contributed by atoms with Gasteiger partial charge < -0.3 is 4.90 Å². The molecule has 1 fully saturated rings. The minimum absolute atomic E-state index is 0.0265. The predicted octanol–water partition coefficient (Wildman–Crippen LogP) is 3.93. The first-order valence-corrected chi connectivity index (χ1v) is 8.08. The van der Waals surface area contributed by atoms with Crippen LogP contribution in [0.1, 0.15) is 10.9 Å². The molecule has 0 amide bonds. The van der Waals surface area contributed by atoms with Gasteiger partial charge in [-0.05, 0) is 29.8 Å². The summed E-state index contributed by atoms with van der Waals surface area (Å²) in [7, 11) is 0. The van der Waals surface area contributed by atoms with Crippen LogP contribution in [0.15, 0.2) is 54.6 Å². The van der Waals surface area contributed by atoms with E-state index in [1.165, 1.54) is 17.7 Å². The minimum atomic E-state index is -0.185. The third-order valence-corrected chi connectivity index (χ3v) is 4.53. The molecule has 0 spiro atoms. The summed E-state index contributed by atoms with van der Waals surface area (Å²) in [6.07, 6.45) is 0. The predicted molar refractivity (Wildman–Crippen MR) is 90.1 cm³/mol. The smallest absolute Gasteiger partial charge is 0.123 e. The van der Waals surface area contributed by atoms with E-state index in [9.17, 15) is 4.39 Å². The van der Waals surface area contributed by atoms with E-state index in [-0.39, 0.29) is 11.2 Å². The summed E-state index contributed by atoms with van der Waals surface area (Å²) in [6.45, 7) is 4.72. The van der Waals surface area contributed by atoms with Crippen molar-refractivity contribution in [2.75, 3.05) is 37.6 Å². The maximum atomic E-state index is 13.0. The molecule has 1 heterocycles. The molecule has 0 radical (unpaired) electrons. The van der Waals surface area contributed by atoms with Crippen LogP contribution in [0.2, 0.25) is 0 Å². The van der Waals surface area contributed by atoms with Crippen LogP contribution in [0.3, 0.4) is 0 Å². The Morgan fingerprint density at radius 1 is 0.909 bits per heavy atom. The molecule has 22 heavy (non-hydrogen) atoms. The average molecular weight is 319 g/mol. The van der Waals surface area contributed by atoms with Crippen molar-refractivity contribution in [3.8, 4) is 0 Å². The van der Waals surface area contributed by atoms with Gasteiger partial charge in [-0.1, -0.05) is 30.3 Å². The molecule has 0 N–H and O–H groups in total. The lowest BCUT2D eigenvalue weighted by atomic mass is 10.1.